The van der Waals surface area contributed by atoms with E-state index in [0.717, 1.165) is 24.8 Å². The highest BCUT2D eigenvalue weighted by Gasteiger charge is 2.68. The number of ketones is 3. The largest absolute Gasteiger partial charge is 0.871 e. The van der Waals surface area contributed by atoms with Crippen LogP contribution in [0.4, 0.5) is 5.69 Å². The highest BCUT2D eigenvalue weighted by atomic mass is 16.8. The van der Waals surface area contributed by atoms with Crippen LogP contribution in [0.5, 0.6) is 5.75 Å². The minimum atomic E-state index is -1.88. The summed E-state index contributed by atoms with van der Waals surface area (Å²) in [6.07, 6.45) is 3.77. The highest BCUT2D eigenvalue weighted by molar-refractivity contribution is 5.95. The van der Waals surface area contributed by atoms with E-state index in [4.69, 9.17) is 9.47 Å². The molecule has 0 saturated heterocycles. The summed E-state index contributed by atoms with van der Waals surface area (Å²) in [7, 11) is 1.11. The maximum Gasteiger partial charge on any atom is 0.328 e. The van der Waals surface area contributed by atoms with Crippen LogP contribution in [0, 0.1) is 28.6 Å². The molecule has 0 radical (unpaired) electrons. The van der Waals surface area contributed by atoms with E-state index in [9.17, 15) is 49.4 Å². The van der Waals surface area contributed by atoms with Crippen LogP contribution in [0.2, 0.25) is 0 Å². The maximum absolute atomic E-state index is 13.8. The molecule has 0 bridgehead atoms. The molecule has 0 spiro atoms. The summed E-state index contributed by atoms with van der Waals surface area (Å²) in [5, 5.41) is 44.2. The number of carbonyl (C=O) groups is 6. The zero-order chi connectivity index (χ0) is 35.9. The first-order valence-electron chi connectivity index (χ1n) is 16.6. The van der Waals surface area contributed by atoms with E-state index in [1.165, 1.54) is 6.07 Å². The van der Waals surface area contributed by atoms with Crippen LogP contribution in [-0.2, 0) is 44.7 Å². The van der Waals surface area contributed by atoms with Gasteiger partial charge in [-0.15, -0.1) is 5.23 Å². The van der Waals surface area contributed by atoms with Crippen molar-refractivity contribution in [3.63, 3.8) is 0 Å². The molecule has 266 valence electrons. The molecule has 5 rings (SSSR count). The first-order valence-corrected chi connectivity index (χ1v) is 16.6. The SMILES string of the molecule is COC(=O)[C@H](Cc1ccc([O-])c(N(O)O)c1)NC(=O)CCC(=O)OCC(=O)[C@@]1(O)CC[C@H]2[C@H]3CCC4=CC(=O)CC[C@]4(C)[C@H]3C(=O)C[C@]21C. The molecule has 14 heteroatoms. The molecule has 1 amide bonds. The van der Waals surface area contributed by atoms with Gasteiger partial charge in [-0.1, -0.05) is 37.3 Å². The Bertz CT molecular complexity index is 1590. The number of ether oxygens (including phenoxy) is 2. The summed E-state index contributed by atoms with van der Waals surface area (Å²) in [6.45, 7) is 3.11. The molecule has 4 N–H and O–H groups in total. The summed E-state index contributed by atoms with van der Waals surface area (Å²) in [5.41, 5.74) is -2.46. The molecule has 4 aliphatic carbocycles. The van der Waals surface area contributed by atoms with Gasteiger partial charge in [-0.2, -0.15) is 0 Å². The number of rotatable bonds is 11. The second kappa shape index (κ2) is 13.6. The standard InChI is InChI=1S/C35H44N2O12/c1-33-12-10-21(38)16-20(33)5-6-22-23-11-13-35(45,34(23,2)17-27(40)31(22)33)28(41)18-49-30(43)9-8-29(42)36-24(32(44)48-3)14-19-4-7-26(39)25(15-19)37(46)47/h4,7,15-16,22-24,31,39,45-47H,5-6,8-14,17-18H2,1-3H3,(H,36,42)/p-1/t22-,23+,24+,31-,33+,34-,35+/m1/s1. The Labute approximate surface area is 283 Å². The summed E-state index contributed by atoms with van der Waals surface area (Å²) >= 11 is 0. The minimum Gasteiger partial charge on any atom is -0.871 e. The van der Waals surface area contributed by atoms with Gasteiger partial charge in [-0.25, -0.2) is 4.79 Å². The predicted molar refractivity (Wildman–Crippen MR) is 167 cm³/mol. The molecular formula is C35H43N2O12-. The van der Waals surface area contributed by atoms with Gasteiger partial charge < -0.3 is 25.0 Å². The lowest BCUT2D eigenvalue weighted by molar-refractivity contribution is -0.268. The lowest BCUT2D eigenvalue weighted by atomic mass is 9.46. The van der Waals surface area contributed by atoms with Crippen molar-refractivity contribution in [3.8, 4) is 5.75 Å². The molecular weight excluding hydrogens is 640 g/mol. The molecule has 14 nitrogen and oxygen atoms in total. The Morgan fingerprint density at radius 1 is 1.08 bits per heavy atom. The van der Waals surface area contributed by atoms with Crippen LogP contribution in [-0.4, -0.2) is 76.1 Å². The summed E-state index contributed by atoms with van der Waals surface area (Å²) in [6, 6.07) is 2.30. The van der Waals surface area contributed by atoms with Crippen LogP contribution in [0.3, 0.4) is 0 Å². The first-order chi connectivity index (χ1) is 23.0. The number of hydrogen-bond acceptors (Lipinski definition) is 13. The van der Waals surface area contributed by atoms with Gasteiger partial charge in [-0.3, -0.25) is 34.4 Å². The Morgan fingerprint density at radius 3 is 2.51 bits per heavy atom. The number of nitrogens with zero attached hydrogens (tertiary/aromatic N) is 1. The van der Waals surface area contributed by atoms with Crippen molar-refractivity contribution in [2.45, 2.75) is 89.7 Å². The number of amides is 1. The first kappa shape index (κ1) is 36.1. The number of nitrogens with one attached hydrogen (secondary N) is 1. The smallest absolute Gasteiger partial charge is 0.328 e. The fraction of sp³-hybridized carbons (Fsp3) is 0.600. The van der Waals surface area contributed by atoms with Gasteiger partial charge in [0.2, 0.25) is 11.7 Å². The quantitative estimate of drug-likeness (QED) is 0.194. The molecule has 1 aromatic carbocycles. The normalized spacial score (nSPS) is 31.0. The Hall–Kier alpha value is -4.14. The molecule has 3 saturated carbocycles. The number of carbonyl (C=O) groups excluding carboxylic acids is 6. The van der Waals surface area contributed by atoms with Crippen LogP contribution in [0.15, 0.2) is 29.8 Å². The lowest BCUT2D eigenvalue weighted by Gasteiger charge is -2.57. The second-order valence-electron chi connectivity index (χ2n) is 14.3. The number of hydrogen-bond donors (Lipinski definition) is 4. The van der Waals surface area contributed by atoms with Gasteiger partial charge in [0.25, 0.3) is 0 Å². The van der Waals surface area contributed by atoms with Gasteiger partial charge in [0.1, 0.15) is 17.4 Å². The van der Waals surface area contributed by atoms with E-state index in [1.807, 2.05) is 0 Å². The highest BCUT2D eigenvalue weighted by Crippen LogP contribution is 2.66. The van der Waals surface area contributed by atoms with Crippen molar-refractivity contribution in [1.29, 1.82) is 0 Å². The second-order valence-corrected chi connectivity index (χ2v) is 14.3. The molecule has 0 heterocycles. The third-order valence-electron chi connectivity index (χ3n) is 11.7. The average Bonchev–Trinajstić information content (AvgIpc) is 3.33. The van der Waals surface area contributed by atoms with Gasteiger partial charge in [0.05, 0.1) is 19.2 Å². The summed E-state index contributed by atoms with van der Waals surface area (Å²) in [4.78, 5) is 77.0. The maximum atomic E-state index is 13.8. The average molecular weight is 684 g/mol. The number of methoxy groups -OCH3 is 1. The monoisotopic (exact) mass is 683 g/mol. The Kier molecular flexibility index (Phi) is 10.1. The van der Waals surface area contributed by atoms with Crippen LogP contribution >= 0.6 is 0 Å². The fourth-order valence-corrected chi connectivity index (χ4v) is 9.08. The van der Waals surface area contributed by atoms with Crippen molar-refractivity contribution >= 4 is 40.9 Å². The van der Waals surface area contributed by atoms with Gasteiger partial charge in [0, 0.05) is 37.0 Å². The molecule has 49 heavy (non-hydrogen) atoms. The van der Waals surface area contributed by atoms with Gasteiger partial charge >= 0.3 is 11.9 Å². The molecule has 3 fully saturated rings. The number of benzene rings is 1. The van der Waals surface area contributed by atoms with E-state index in [0.29, 0.717) is 37.7 Å². The third kappa shape index (κ3) is 6.61. The number of fused-ring (bicyclic) bond motifs is 5. The van der Waals surface area contributed by atoms with Crippen LogP contribution < -0.4 is 15.6 Å². The van der Waals surface area contributed by atoms with Crippen molar-refractivity contribution in [3.05, 3.63) is 35.4 Å². The summed E-state index contributed by atoms with van der Waals surface area (Å²) in [5.74, 6) is -4.15. The van der Waals surface area contributed by atoms with E-state index in [1.54, 1.807) is 13.0 Å². The van der Waals surface area contributed by atoms with Crippen molar-refractivity contribution in [2.24, 2.45) is 28.6 Å². The van der Waals surface area contributed by atoms with E-state index in [2.05, 4.69) is 12.2 Å². The molecule has 7 atom stereocenters. The number of Topliss-reactive ketones (excluding diaryl/α,β-unsaturated/α-hetero) is 2. The van der Waals surface area contributed by atoms with Crippen molar-refractivity contribution < 1.29 is 58.9 Å². The summed E-state index contributed by atoms with van der Waals surface area (Å²) < 4.78 is 9.91. The molecule has 0 unspecified atom stereocenters. The Balaban J connectivity index is 1.16. The van der Waals surface area contributed by atoms with Crippen LogP contribution in [0.1, 0.15) is 77.2 Å². The van der Waals surface area contributed by atoms with Crippen molar-refractivity contribution in [2.75, 3.05) is 18.9 Å². The number of allylic oxidation sites excluding steroid dienone is 1. The molecule has 4 aliphatic rings. The molecule has 1 aromatic rings. The topological polar surface area (TPSA) is 220 Å². The molecule has 0 aliphatic heterocycles. The van der Waals surface area contributed by atoms with E-state index < -0.39 is 77.0 Å². The fourth-order valence-electron chi connectivity index (χ4n) is 9.08. The predicted octanol–water partition coefficient (Wildman–Crippen LogP) is 1.88. The van der Waals surface area contributed by atoms with E-state index >= 15 is 0 Å². The number of esters is 2. The zero-order valence-electron chi connectivity index (χ0n) is 27.9. The minimum absolute atomic E-state index is 0.00791. The van der Waals surface area contributed by atoms with E-state index in [-0.39, 0.29) is 53.8 Å². The Morgan fingerprint density at radius 2 is 1.82 bits per heavy atom. The third-order valence-corrected chi connectivity index (χ3v) is 11.7. The number of anilines is 1. The van der Waals surface area contributed by atoms with Gasteiger partial charge in [-0.05, 0) is 67.1 Å². The molecule has 0 aromatic heterocycles. The van der Waals surface area contributed by atoms with Gasteiger partial charge in [0.15, 0.2) is 12.4 Å². The zero-order valence-corrected chi connectivity index (χ0v) is 27.9. The number of aliphatic hydroxyl groups is 1. The van der Waals surface area contributed by atoms with Crippen LogP contribution in [0.25, 0.3) is 0 Å². The van der Waals surface area contributed by atoms with Crippen molar-refractivity contribution in [1.82, 2.24) is 5.32 Å². The lowest BCUT2D eigenvalue weighted by Crippen LogP contribution is -2.61.